The maximum Gasteiger partial charge on any atom is 0.336 e. The first kappa shape index (κ1) is 21.5. The molecule has 158 valence electrons. The smallest absolute Gasteiger partial charge is 0.336 e. The van der Waals surface area contributed by atoms with E-state index in [1.165, 1.54) is 26.3 Å². The Morgan fingerprint density at radius 1 is 1.13 bits per heavy atom. The topological polar surface area (TPSA) is 103 Å². The lowest BCUT2D eigenvalue weighted by Gasteiger charge is -2.16. The highest BCUT2D eigenvalue weighted by molar-refractivity contribution is 7.89. The van der Waals surface area contributed by atoms with Crippen molar-refractivity contribution in [3.63, 3.8) is 0 Å². The molecule has 1 heterocycles. The molecule has 8 nitrogen and oxygen atoms in total. The van der Waals surface area contributed by atoms with Crippen LogP contribution in [0.25, 0.3) is 11.0 Å². The van der Waals surface area contributed by atoms with Crippen LogP contribution in [0.3, 0.4) is 0 Å². The molecule has 0 bridgehead atoms. The van der Waals surface area contributed by atoms with E-state index in [1.54, 1.807) is 12.1 Å². The van der Waals surface area contributed by atoms with Crippen molar-refractivity contribution in [1.29, 1.82) is 0 Å². The summed E-state index contributed by atoms with van der Waals surface area (Å²) in [6, 6.07) is 10.3. The summed E-state index contributed by atoms with van der Waals surface area (Å²) >= 11 is 0. The number of methoxy groups -OCH3 is 1. The van der Waals surface area contributed by atoms with E-state index in [1.807, 2.05) is 0 Å². The summed E-state index contributed by atoms with van der Waals surface area (Å²) in [5.41, 5.74) is 0.0445. The van der Waals surface area contributed by atoms with Crippen LogP contribution in [0.15, 0.2) is 62.6 Å². The molecule has 0 aliphatic heterocycles. The van der Waals surface area contributed by atoms with Gasteiger partial charge in [-0.3, -0.25) is 4.79 Å². The van der Waals surface area contributed by atoms with Crippen molar-refractivity contribution in [2.45, 2.75) is 11.5 Å². The molecule has 0 N–H and O–H groups in total. The standard InChI is InChI=1S/C20H18FNO7S/c1-22(30(25,26)16-6-3-14(21)4-7-16)11-20(24)28-12-13-9-19(23)29-18-10-15(27-2)5-8-17(13)18/h3-10H,11-12H2,1-2H3. The van der Waals surface area contributed by atoms with E-state index < -0.39 is 34.0 Å². The zero-order valence-corrected chi connectivity index (χ0v) is 16.9. The number of ether oxygens (including phenoxy) is 2. The molecule has 0 saturated carbocycles. The van der Waals surface area contributed by atoms with Gasteiger partial charge in [0.1, 0.15) is 30.3 Å². The maximum atomic E-state index is 13.0. The van der Waals surface area contributed by atoms with Crippen molar-refractivity contribution in [2.75, 3.05) is 20.7 Å². The second-order valence-electron chi connectivity index (χ2n) is 6.33. The number of nitrogens with zero attached hydrogens (tertiary/aromatic N) is 1. The van der Waals surface area contributed by atoms with Crippen LogP contribution >= 0.6 is 0 Å². The van der Waals surface area contributed by atoms with Crippen LogP contribution in [-0.2, 0) is 26.2 Å². The first-order valence-electron chi connectivity index (χ1n) is 8.69. The van der Waals surface area contributed by atoms with Crippen LogP contribution in [0.1, 0.15) is 5.56 Å². The number of hydrogen-bond donors (Lipinski definition) is 0. The molecule has 1 aromatic heterocycles. The number of sulfonamides is 1. The third-order valence-corrected chi connectivity index (χ3v) is 6.12. The maximum absolute atomic E-state index is 13.0. The number of likely N-dealkylation sites (N-methyl/N-ethyl adjacent to an activating group) is 1. The van der Waals surface area contributed by atoms with Gasteiger partial charge in [-0.25, -0.2) is 17.6 Å². The summed E-state index contributed by atoms with van der Waals surface area (Å²) in [5, 5.41) is 0.551. The summed E-state index contributed by atoms with van der Waals surface area (Å²) in [6.45, 7) is -0.815. The number of carbonyl (C=O) groups is 1. The van der Waals surface area contributed by atoms with Gasteiger partial charge in [0.25, 0.3) is 0 Å². The van der Waals surface area contributed by atoms with E-state index in [0.717, 1.165) is 28.6 Å². The van der Waals surface area contributed by atoms with Gasteiger partial charge < -0.3 is 13.9 Å². The number of hydrogen-bond acceptors (Lipinski definition) is 7. The fourth-order valence-corrected chi connectivity index (χ4v) is 3.83. The Morgan fingerprint density at radius 2 is 1.83 bits per heavy atom. The first-order valence-corrected chi connectivity index (χ1v) is 10.1. The van der Waals surface area contributed by atoms with E-state index in [2.05, 4.69) is 0 Å². The Hall–Kier alpha value is -3.24. The molecule has 0 radical (unpaired) electrons. The third-order valence-electron chi connectivity index (χ3n) is 4.30. The highest BCUT2D eigenvalue weighted by atomic mass is 32.2. The second kappa shape index (κ2) is 8.64. The van der Waals surface area contributed by atoms with Gasteiger partial charge in [-0.15, -0.1) is 0 Å². The van der Waals surface area contributed by atoms with Gasteiger partial charge >= 0.3 is 11.6 Å². The van der Waals surface area contributed by atoms with Gasteiger partial charge in [-0.1, -0.05) is 0 Å². The predicted molar refractivity (Wildman–Crippen MR) is 105 cm³/mol. The summed E-state index contributed by atoms with van der Waals surface area (Å²) in [7, 11) is -1.32. The highest BCUT2D eigenvalue weighted by Gasteiger charge is 2.23. The van der Waals surface area contributed by atoms with Crippen LogP contribution in [0.5, 0.6) is 5.75 Å². The molecule has 3 aromatic rings. The van der Waals surface area contributed by atoms with Gasteiger partial charge in [0.15, 0.2) is 0 Å². The van der Waals surface area contributed by atoms with Crippen molar-refractivity contribution >= 4 is 27.0 Å². The molecule has 0 saturated heterocycles. The lowest BCUT2D eigenvalue weighted by Crippen LogP contribution is -2.33. The van der Waals surface area contributed by atoms with E-state index in [4.69, 9.17) is 13.9 Å². The zero-order chi connectivity index (χ0) is 21.9. The van der Waals surface area contributed by atoms with Crippen molar-refractivity contribution in [3.05, 3.63) is 70.3 Å². The fourth-order valence-electron chi connectivity index (χ4n) is 2.71. The molecule has 2 aromatic carbocycles. The molecule has 0 spiro atoms. The average Bonchev–Trinajstić information content (AvgIpc) is 2.71. The second-order valence-corrected chi connectivity index (χ2v) is 8.37. The number of fused-ring (bicyclic) bond motifs is 1. The third kappa shape index (κ3) is 4.66. The quantitative estimate of drug-likeness (QED) is 0.414. The average molecular weight is 435 g/mol. The van der Waals surface area contributed by atoms with Crippen molar-refractivity contribution in [3.8, 4) is 5.75 Å². The molecule has 0 fully saturated rings. The Balaban J connectivity index is 1.71. The largest absolute Gasteiger partial charge is 0.497 e. The number of halogens is 1. The monoisotopic (exact) mass is 435 g/mol. The van der Waals surface area contributed by atoms with Gasteiger partial charge in [-0.05, 0) is 36.4 Å². The normalized spacial score (nSPS) is 11.6. The molecule has 0 amide bonds. The van der Waals surface area contributed by atoms with Crippen molar-refractivity contribution in [2.24, 2.45) is 0 Å². The number of carbonyl (C=O) groups excluding carboxylic acids is 1. The summed E-state index contributed by atoms with van der Waals surface area (Å²) in [6.07, 6.45) is 0. The van der Waals surface area contributed by atoms with Gasteiger partial charge in [0.05, 0.1) is 12.0 Å². The Bertz CT molecular complexity index is 1240. The van der Waals surface area contributed by atoms with Gasteiger partial charge in [-0.2, -0.15) is 4.31 Å². The minimum absolute atomic E-state index is 0.153. The van der Waals surface area contributed by atoms with Crippen molar-refractivity contribution < 1.29 is 31.5 Å². The van der Waals surface area contributed by atoms with Crippen LogP contribution in [0.2, 0.25) is 0 Å². The molecule has 0 unspecified atom stereocenters. The summed E-state index contributed by atoms with van der Waals surface area (Å²) < 4.78 is 54.1. The minimum atomic E-state index is -4.00. The molecule has 0 aliphatic carbocycles. The summed E-state index contributed by atoms with van der Waals surface area (Å²) in [5.74, 6) is -0.904. The van der Waals surface area contributed by atoms with E-state index in [-0.39, 0.29) is 17.1 Å². The highest BCUT2D eigenvalue weighted by Crippen LogP contribution is 2.23. The van der Waals surface area contributed by atoms with E-state index >= 15 is 0 Å². The molecule has 30 heavy (non-hydrogen) atoms. The van der Waals surface area contributed by atoms with Gasteiger partial charge in [0, 0.05) is 30.1 Å². The van der Waals surface area contributed by atoms with Crippen LogP contribution < -0.4 is 10.4 Å². The van der Waals surface area contributed by atoms with Crippen LogP contribution in [-0.4, -0.2) is 39.4 Å². The number of rotatable bonds is 7. The van der Waals surface area contributed by atoms with E-state index in [9.17, 15) is 22.4 Å². The Morgan fingerprint density at radius 3 is 2.50 bits per heavy atom. The van der Waals surface area contributed by atoms with Gasteiger partial charge in [0.2, 0.25) is 10.0 Å². The minimum Gasteiger partial charge on any atom is -0.497 e. The molecular weight excluding hydrogens is 417 g/mol. The lowest BCUT2D eigenvalue weighted by molar-refractivity contribution is -0.144. The Labute approximate surface area is 171 Å². The zero-order valence-electron chi connectivity index (χ0n) is 16.1. The van der Waals surface area contributed by atoms with Crippen LogP contribution in [0, 0.1) is 5.82 Å². The predicted octanol–water partition coefficient (Wildman–Crippen LogP) is 2.30. The molecule has 10 heteroatoms. The molecular formula is C20H18FNO7S. The SMILES string of the molecule is COc1ccc2c(COC(=O)CN(C)S(=O)(=O)c3ccc(F)cc3)cc(=O)oc2c1. The molecule has 3 rings (SSSR count). The molecule has 0 atom stereocenters. The lowest BCUT2D eigenvalue weighted by atomic mass is 10.1. The van der Waals surface area contributed by atoms with E-state index in [0.29, 0.717) is 16.7 Å². The first-order chi connectivity index (χ1) is 14.2. The summed E-state index contributed by atoms with van der Waals surface area (Å²) in [4.78, 5) is 23.8. The number of esters is 1. The van der Waals surface area contributed by atoms with Crippen LogP contribution in [0.4, 0.5) is 4.39 Å². The fraction of sp³-hybridized carbons (Fsp3) is 0.200. The number of benzene rings is 2. The molecule has 0 aliphatic rings. The van der Waals surface area contributed by atoms with Crippen molar-refractivity contribution in [1.82, 2.24) is 4.31 Å². The Kier molecular flexibility index (Phi) is 6.18.